The van der Waals surface area contributed by atoms with Crippen LogP contribution in [0.25, 0.3) is 10.9 Å². The maximum atomic E-state index is 12.7. The first-order valence-corrected chi connectivity index (χ1v) is 7.67. The molecule has 1 aliphatic heterocycles. The van der Waals surface area contributed by atoms with Gasteiger partial charge in [-0.05, 0) is 31.0 Å². The molecule has 5 heteroatoms. The second-order valence-electron chi connectivity index (χ2n) is 6.02. The van der Waals surface area contributed by atoms with Crippen LogP contribution in [-0.2, 0) is 16.0 Å². The normalized spacial score (nSPS) is 22.2. The largest absolute Gasteiger partial charge is 0.394 e. The highest BCUT2D eigenvalue weighted by Gasteiger charge is 2.29. The number of aryl methyl sites for hydroxylation is 1. The van der Waals surface area contributed by atoms with Crippen molar-refractivity contribution >= 4 is 16.8 Å². The second kappa shape index (κ2) is 6.10. The Morgan fingerprint density at radius 1 is 1.50 bits per heavy atom. The van der Waals surface area contributed by atoms with Crippen LogP contribution in [0.2, 0.25) is 0 Å². The Morgan fingerprint density at radius 3 is 3.09 bits per heavy atom. The number of nitrogens with zero attached hydrogens (tertiary/aromatic N) is 1. The van der Waals surface area contributed by atoms with Crippen molar-refractivity contribution in [2.45, 2.75) is 32.4 Å². The summed E-state index contributed by atoms with van der Waals surface area (Å²) in [6.07, 6.45) is 2.02. The maximum Gasteiger partial charge on any atom is 0.227 e. The van der Waals surface area contributed by atoms with Crippen LogP contribution in [0.3, 0.4) is 0 Å². The van der Waals surface area contributed by atoms with E-state index in [9.17, 15) is 9.90 Å². The number of aliphatic hydroxyl groups is 1. The Hall–Kier alpha value is -1.85. The summed E-state index contributed by atoms with van der Waals surface area (Å²) in [5.41, 5.74) is 3.26. The van der Waals surface area contributed by atoms with E-state index in [1.165, 1.54) is 5.56 Å². The molecule has 2 aromatic rings. The number of benzene rings is 1. The SMILES string of the molecule is Cc1cccc2[nH]cc(CC(=O)N3CC(CO)OCC3C)c12. The molecule has 0 spiro atoms. The van der Waals surface area contributed by atoms with E-state index in [1.54, 1.807) is 0 Å². The van der Waals surface area contributed by atoms with Crippen molar-refractivity contribution in [3.05, 3.63) is 35.5 Å². The average Bonchev–Trinajstić information content (AvgIpc) is 2.92. The third-order valence-electron chi connectivity index (χ3n) is 4.37. The molecule has 0 saturated carbocycles. The fourth-order valence-electron chi connectivity index (χ4n) is 3.13. The first-order chi connectivity index (χ1) is 10.6. The summed E-state index contributed by atoms with van der Waals surface area (Å²) in [7, 11) is 0. The Balaban J connectivity index is 1.80. The van der Waals surface area contributed by atoms with Gasteiger partial charge in [0.1, 0.15) is 0 Å². The lowest BCUT2D eigenvalue weighted by atomic mass is 10.0. The molecule has 118 valence electrons. The van der Waals surface area contributed by atoms with Crippen molar-refractivity contribution < 1.29 is 14.6 Å². The summed E-state index contributed by atoms with van der Waals surface area (Å²) in [6.45, 7) is 4.92. The highest BCUT2D eigenvalue weighted by atomic mass is 16.5. The number of carbonyl (C=O) groups excluding carboxylic acids is 1. The monoisotopic (exact) mass is 302 g/mol. The smallest absolute Gasteiger partial charge is 0.227 e. The number of aromatic nitrogens is 1. The molecule has 1 fully saturated rings. The molecule has 1 aromatic heterocycles. The van der Waals surface area contributed by atoms with E-state index in [0.717, 1.165) is 16.5 Å². The zero-order valence-corrected chi connectivity index (χ0v) is 13.0. The van der Waals surface area contributed by atoms with Crippen molar-refractivity contribution in [2.24, 2.45) is 0 Å². The molecule has 2 N–H and O–H groups in total. The number of morpholine rings is 1. The molecule has 0 bridgehead atoms. The van der Waals surface area contributed by atoms with Gasteiger partial charge in [-0.25, -0.2) is 0 Å². The number of nitrogens with one attached hydrogen (secondary N) is 1. The van der Waals surface area contributed by atoms with Gasteiger partial charge in [0.05, 0.1) is 31.8 Å². The zero-order valence-electron chi connectivity index (χ0n) is 13.0. The summed E-state index contributed by atoms with van der Waals surface area (Å²) >= 11 is 0. The number of H-pyrrole nitrogens is 1. The summed E-state index contributed by atoms with van der Waals surface area (Å²) < 4.78 is 5.49. The second-order valence-corrected chi connectivity index (χ2v) is 6.02. The molecular weight excluding hydrogens is 280 g/mol. The van der Waals surface area contributed by atoms with Gasteiger partial charge in [-0.2, -0.15) is 0 Å². The summed E-state index contributed by atoms with van der Waals surface area (Å²) in [6, 6.07) is 6.13. The van der Waals surface area contributed by atoms with Crippen LogP contribution in [0.15, 0.2) is 24.4 Å². The van der Waals surface area contributed by atoms with Crippen molar-refractivity contribution in [2.75, 3.05) is 19.8 Å². The Bertz CT molecular complexity index is 680. The van der Waals surface area contributed by atoms with Crippen LogP contribution in [0.4, 0.5) is 0 Å². The molecule has 2 unspecified atom stereocenters. The van der Waals surface area contributed by atoms with Crippen molar-refractivity contribution in [1.29, 1.82) is 0 Å². The van der Waals surface area contributed by atoms with Gasteiger partial charge >= 0.3 is 0 Å². The van der Waals surface area contributed by atoms with E-state index in [0.29, 0.717) is 19.6 Å². The molecule has 1 amide bonds. The molecule has 1 aromatic carbocycles. The van der Waals surface area contributed by atoms with Crippen molar-refractivity contribution in [1.82, 2.24) is 9.88 Å². The minimum Gasteiger partial charge on any atom is -0.394 e. The van der Waals surface area contributed by atoms with Crippen LogP contribution in [0, 0.1) is 6.92 Å². The van der Waals surface area contributed by atoms with Gasteiger partial charge in [0, 0.05) is 23.6 Å². The lowest BCUT2D eigenvalue weighted by Crippen LogP contribution is -2.52. The predicted octanol–water partition coefficient (Wildman–Crippen LogP) is 1.63. The molecule has 3 rings (SSSR count). The quantitative estimate of drug-likeness (QED) is 0.905. The molecule has 5 nitrogen and oxygen atoms in total. The molecule has 1 saturated heterocycles. The fourth-order valence-corrected chi connectivity index (χ4v) is 3.13. The topological polar surface area (TPSA) is 65.6 Å². The maximum absolute atomic E-state index is 12.7. The van der Waals surface area contributed by atoms with Crippen LogP contribution in [-0.4, -0.2) is 52.8 Å². The molecule has 1 aliphatic rings. The summed E-state index contributed by atoms with van der Waals surface area (Å²) in [5.74, 6) is 0.0819. The fraction of sp³-hybridized carbons (Fsp3) is 0.471. The van der Waals surface area contributed by atoms with E-state index in [1.807, 2.05) is 30.2 Å². The van der Waals surface area contributed by atoms with Gasteiger partial charge in [-0.1, -0.05) is 12.1 Å². The summed E-state index contributed by atoms with van der Waals surface area (Å²) in [4.78, 5) is 17.7. The molecular formula is C17H22N2O3. The van der Waals surface area contributed by atoms with Crippen LogP contribution >= 0.6 is 0 Å². The number of hydrogen-bond donors (Lipinski definition) is 2. The molecule has 22 heavy (non-hydrogen) atoms. The predicted molar refractivity (Wildman–Crippen MR) is 84.7 cm³/mol. The lowest BCUT2D eigenvalue weighted by molar-refractivity contribution is -0.145. The van der Waals surface area contributed by atoms with E-state index in [2.05, 4.69) is 18.0 Å². The van der Waals surface area contributed by atoms with Gasteiger partial charge in [0.25, 0.3) is 0 Å². The Kier molecular flexibility index (Phi) is 4.18. The third-order valence-corrected chi connectivity index (χ3v) is 4.37. The highest BCUT2D eigenvalue weighted by molar-refractivity contribution is 5.91. The van der Waals surface area contributed by atoms with E-state index >= 15 is 0 Å². The van der Waals surface area contributed by atoms with Crippen molar-refractivity contribution in [3.8, 4) is 0 Å². The number of aromatic amines is 1. The molecule has 2 heterocycles. The van der Waals surface area contributed by atoms with Gasteiger partial charge in [-0.15, -0.1) is 0 Å². The number of aliphatic hydroxyl groups excluding tert-OH is 1. The Labute approximate surface area is 129 Å². The van der Waals surface area contributed by atoms with E-state index < -0.39 is 0 Å². The molecule has 0 aliphatic carbocycles. The van der Waals surface area contributed by atoms with E-state index in [-0.39, 0.29) is 24.7 Å². The average molecular weight is 302 g/mol. The molecule has 0 radical (unpaired) electrons. The minimum absolute atomic E-state index is 0.0432. The Morgan fingerprint density at radius 2 is 2.32 bits per heavy atom. The summed E-state index contributed by atoms with van der Waals surface area (Å²) in [5, 5.41) is 10.4. The van der Waals surface area contributed by atoms with Gasteiger partial charge in [0.15, 0.2) is 0 Å². The number of amides is 1. The van der Waals surface area contributed by atoms with Gasteiger partial charge in [-0.3, -0.25) is 4.79 Å². The molecule has 2 atom stereocenters. The number of hydrogen-bond acceptors (Lipinski definition) is 3. The van der Waals surface area contributed by atoms with Gasteiger partial charge < -0.3 is 19.7 Å². The van der Waals surface area contributed by atoms with Crippen LogP contribution < -0.4 is 0 Å². The first-order valence-electron chi connectivity index (χ1n) is 7.67. The number of carbonyl (C=O) groups is 1. The van der Waals surface area contributed by atoms with Crippen LogP contribution in [0.1, 0.15) is 18.1 Å². The number of ether oxygens (including phenoxy) is 1. The minimum atomic E-state index is -0.273. The van der Waals surface area contributed by atoms with E-state index in [4.69, 9.17) is 4.74 Å². The lowest BCUT2D eigenvalue weighted by Gasteiger charge is -2.37. The zero-order chi connectivity index (χ0) is 15.7. The first kappa shape index (κ1) is 15.1. The third kappa shape index (κ3) is 2.74. The number of fused-ring (bicyclic) bond motifs is 1. The standard InChI is InChI=1S/C17H22N2O3/c1-11-4-3-5-15-17(11)13(7-18-15)6-16(21)19-8-14(9-20)22-10-12(19)2/h3-5,7,12,14,18,20H,6,8-10H2,1-2H3. The highest BCUT2D eigenvalue weighted by Crippen LogP contribution is 2.23. The van der Waals surface area contributed by atoms with Crippen molar-refractivity contribution in [3.63, 3.8) is 0 Å². The van der Waals surface area contributed by atoms with Gasteiger partial charge in [0.2, 0.25) is 5.91 Å². The van der Waals surface area contributed by atoms with Crippen LogP contribution in [0.5, 0.6) is 0 Å². The number of rotatable bonds is 3.